The summed E-state index contributed by atoms with van der Waals surface area (Å²) in [5.74, 6) is 0. The van der Waals surface area contributed by atoms with Crippen molar-refractivity contribution in [3.05, 3.63) is 77.1 Å². The van der Waals surface area contributed by atoms with Crippen LogP contribution in [0.25, 0.3) is 0 Å². The lowest BCUT2D eigenvalue weighted by Gasteiger charge is -2.41. The number of rotatable bonds is 4. The Bertz CT molecular complexity index is 808. The van der Waals surface area contributed by atoms with Gasteiger partial charge in [0.25, 0.3) is 0 Å². The van der Waals surface area contributed by atoms with Gasteiger partial charge in [0.1, 0.15) is 0 Å². The minimum atomic E-state index is -0.0237. The predicted octanol–water partition coefficient (Wildman–Crippen LogP) is 3.70. The number of benzene rings is 1. The fourth-order valence-electron chi connectivity index (χ4n) is 3.80. The van der Waals surface area contributed by atoms with Gasteiger partial charge in [-0.3, -0.25) is 9.88 Å². The minimum Gasteiger partial charge on any atom is -0.375 e. The van der Waals surface area contributed by atoms with Crippen molar-refractivity contribution in [3.63, 3.8) is 0 Å². The van der Waals surface area contributed by atoms with Crippen molar-refractivity contribution in [1.82, 2.24) is 14.9 Å². The lowest BCUT2D eigenvalue weighted by atomic mass is 9.70. The van der Waals surface area contributed by atoms with Crippen molar-refractivity contribution < 1.29 is 0 Å². The molecule has 4 rings (SSSR count). The highest BCUT2D eigenvalue weighted by Gasteiger charge is 2.39. The Morgan fingerprint density at radius 2 is 1.76 bits per heavy atom. The second-order valence-electron chi connectivity index (χ2n) is 6.65. The van der Waals surface area contributed by atoms with Crippen molar-refractivity contribution in [2.75, 3.05) is 18.8 Å². The molecule has 0 radical (unpaired) electrons. The molecule has 25 heavy (non-hydrogen) atoms. The average molecular weight is 350 g/mol. The molecule has 1 aliphatic rings. The van der Waals surface area contributed by atoms with Gasteiger partial charge in [-0.2, -0.15) is 0 Å². The van der Waals surface area contributed by atoms with Crippen LogP contribution >= 0.6 is 11.3 Å². The van der Waals surface area contributed by atoms with Gasteiger partial charge in [0.2, 0.25) is 0 Å². The number of nitrogens with zero attached hydrogens (tertiary/aromatic N) is 3. The molecule has 4 nitrogen and oxygen atoms in total. The fourth-order valence-corrected chi connectivity index (χ4v) is 4.46. The first-order valence-corrected chi connectivity index (χ1v) is 9.52. The van der Waals surface area contributed by atoms with E-state index in [0.29, 0.717) is 5.13 Å². The summed E-state index contributed by atoms with van der Waals surface area (Å²) in [5, 5.41) is 2.80. The van der Waals surface area contributed by atoms with E-state index in [2.05, 4.69) is 62.7 Å². The van der Waals surface area contributed by atoms with Crippen molar-refractivity contribution in [3.8, 4) is 0 Å². The zero-order chi connectivity index (χ0) is 17.1. The summed E-state index contributed by atoms with van der Waals surface area (Å²) in [7, 11) is 0. The van der Waals surface area contributed by atoms with Crippen molar-refractivity contribution in [1.29, 1.82) is 0 Å². The van der Waals surface area contributed by atoms with Gasteiger partial charge >= 0.3 is 0 Å². The average Bonchev–Trinajstić information content (AvgIpc) is 3.11. The van der Waals surface area contributed by atoms with E-state index in [1.54, 1.807) is 11.3 Å². The molecule has 0 aliphatic carbocycles. The van der Waals surface area contributed by atoms with Crippen LogP contribution in [0.3, 0.4) is 0 Å². The summed E-state index contributed by atoms with van der Waals surface area (Å²) < 4.78 is 0. The Kier molecular flexibility index (Phi) is 4.51. The Hall–Kier alpha value is -2.24. The topological polar surface area (TPSA) is 55.0 Å². The first-order chi connectivity index (χ1) is 12.3. The van der Waals surface area contributed by atoms with Gasteiger partial charge in [0.15, 0.2) is 5.13 Å². The number of likely N-dealkylation sites (tertiary alicyclic amines) is 1. The highest BCUT2D eigenvalue weighted by Crippen LogP contribution is 2.42. The maximum Gasteiger partial charge on any atom is 0.180 e. The predicted molar refractivity (Wildman–Crippen MR) is 102 cm³/mol. The van der Waals surface area contributed by atoms with Gasteiger partial charge in [-0.1, -0.05) is 30.3 Å². The number of hydrogen-bond acceptors (Lipinski definition) is 5. The summed E-state index contributed by atoms with van der Waals surface area (Å²) in [6, 6.07) is 15.0. The minimum absolute atomic E-state index is 0.0237. The first-order valence-electron chi connectivity index (χ1n) is 8.64. The Morgan fingerprint density at radius 3 is 2.40 bits per heavy atom. The smallest absolute Gasteiger partial charge is 0.180 e. The molecule has 0 unspecified atom stereocenters. The summed E-state index contributed by atoms with van der Waals surface area (Å²) in [4.78, 5) is 11.3. The van der Waals surface area contributed by atoms with Crippen molar-refractivity contribution in [2.45, 2.75) is 24.8 Å². The largest absolute Gasteiger partial charge is 0.375 e. The Balaban J connectivity index is 1.58. The Morgan fingerprint density at radius 1 is 1.04 bits per heavy atom. The fraction of sp³-hybridized carbons (Fsp3) is 0.300. The van der Waals surface area contributed by atoms with E-state index in [9.17, 15) is 0 Å². The van der Waals surface area contributed by atoms with Crippen LogP contribution in [-0.2, 0) is 12.0 Å². The van der Waals surface area contributed by atoms with Gasteiger partial charge in [-0.15, -0.1) is 11.3 Å². The molecule has 3 aromatic rings. The summed E-state index contributed by atoms with van der Waals surface area (Å²) in [5.41, 5.74) is 9.72. The third kappa shape index (κ3) is 3.30. The zero-order valence-electron chi connectivity index (χ0n) is 14.1. The van der Waals surface area contributed by atoms with Crippen LogP contribution < -0.4 is 5.73 Å². The lowest BCUT2D eigenvalue weighted by molar-refractivity contribution is 0.170. The number of hydrogen-bond donors (Lipinski definition) is 1. The van der Waals surface area contributed by atoms with Gasteiger partial charge in [0, 0.05) is 29.7 Å². The van der Waals surface area contributed by atoms with E-state index >= 15 is 0 Å². The molecule has 2 N–H and O–H groups in total. The molecule has 1 aromatic carbocycles. The number of nitrogens with two attached hydrogens (primary N) is 1. The first kappa shape index (κ1) is 16.2. The maximum atomic E-state index is 5.94. The SMILES string of the molecule is Nc1nc(C2(c3ccccc3)CCN(Cc3ccncc3)CC2)cs1. The molecular formula is C20H22N4S. The van der Waals surface area contributed by atoms with Gasteiger partial charge in [-0.05, 0) is 49.2 Å². The molecule has 1 aliphatic heterocycles. The number of pyridine rings is 1. The van der Waals surface area contributed by atoms with Crippen LogP contribution in [0.2, 0.25) is 0 Å². The molecule has 0 atom stereocenters. The van der Waals surface area contributed by atoms with Crippen LogP contribution in [0.5, 0.6) is 0 Å². The number of anilines is 1. The Labute approximate surface area is 152 Å². The molecule has 5 heteroatoms. The zero-order valence-corrected chi connectivity index (χ0v) is 15.0. The number of piperidine rings is 1. The highest BCUT2D eigenvalue weighted by atomic mass is 32.1. The second kappa shape index (κ2) is 6.94. The summed E-state index contributed by atoms with van der Waals surface area (Å²) >= 11 is 1.54. The van der Waals surface area contributed by atoms with E-state index in [0.717, 1.165) is 38.2 Å². The van der Waals surface area contributed by atoms with Crippen molar-refractivity contribution >= 4 is 16.5 Å². The standard InChI is InChI=1S/C20H22N4S/c21-19-23-18(15-25-19)20(17-4-2-1-3-5-17)8-12-24(13-9-20)14-16-6-10-22-11-7-16/h1-7,10-11,15H,8-9,12-14H2,(H2,21,23). The van der Waals surface area contributed by atoms with Crippen LogP contribution in [0, 0.1) is 0 Å². The lowest BCUT2D eigenvalue weighted by Crippen LogP contribution is -2.43. The number of aromatic nitrogens is 2. The molecule has 2 aromatic heterocycles. The van der Waals surface area contributed by atoms with Gasteiger partial charge < -0.3 is 5.73 Å². The second-order valence-corrected chi connectivity index (χ2v) is 7.54. The number of thiazole rings is 1. The molecule has 0 saturated carbocycles. The molecule has 1 saturated heterocycles. The summed E-state index contributed by atoms with van der Waals surface area (Å²) in [6.45, 7) is 3.08. The number of nitrogen functional groups attached to an aromatic ring is 1. The molecule has 1 fully saturated rings. The molecule has 0 bridgehead atoms. The molecule has 0 spiro atoms. The van der Waals surface area contributed by atoms with E-state index < -0.39 is 0 Å². The third-order valence-corrected chi connectivity index (χ3v) is 5.88. The van der Waals surface area contributed by atoms with Crippen LogP contribution in [0.15, 0.2) is 60.2 Å². The third-order valence-electron chi connectivity index (χ3n) is 5.20. The highest BCUT2D eigenvalue weighted by molar-refractivity contribution is 7.13. The van der Waals surface area contributed by atoms with E-state index in [4.69, 9.17) is 5.73 Å². The van der Waals surface area contributed by atoms with Crippen molar-refractivity contribution in [2.24, 2.45) is 0 Å². The summed E-state index contributed by atoms with van der Waals surface area (Å²) in [6.07, 6.45) is 5.85. The van der Waals surface area contributed by atoms with Gasteiger partial charge in [0.05, 0.1) is 5.69 Å². The van der Waals surface area contributed by atoms with Crippen LogP contribution in [-0.4, -0.2) is 28.0 Å². The van der Waals surface area contributed by atoms with E-state index in [1.807, 2.05) is 12.4 Å². The quantitative estimate of drug-likeness (QED) is 0.779. The molecule has 0 amide bonds. The van der Waals surface area contributed by atoms with Crippen LogP contribution in [0.1, 0.15) is 29.7 Å². The molecular weight excluding hydrogens is 328 g/mol. The van der Waals surface area contributed by atoms with Crippen LogP contribution in [0.4, 0.5) is 5.13 Å². The maximum absolute atomic E-state index is 5.94. The van der Waals surface area contributed by atoms with E-state index in [1.165, 1.54) is 11.1 Å². The normalized spacial score (nSPS) is 17.4. The van der Waals surface area contributed by atoms with Gasteiger partial charge in [-0.25, -0.2) is 4.98 Å². The molecule has 128 valence electrons. The monoisotopic (exact) mass is 350 g/mol. The molecule has 3 heterocycles. The van der Waals surface area contributed by atoms with E-state index in [-0.39, 0.29) is 5.41 Å².